The van der Waals surface area contributed by atoms with Crippen molar-refractivity contribution >= 4 is 0 Å². The summed E-state index contributed by atoms with van der Waals surface area (Å²) < 4.78 is 15.4. The first-order valence-corrected chi connectivity index (χ1v) is 6.27. The second-order valence-corrected chi connectivity index (χ2v) is 4.57. The minimum absolute atomic E-state index is 0.0521. The van der Waals surface area contributed by atoms with Gasteiger partial charge in [0.15, 0.2) is 5.82 Å². The molecule has 0 amide bonds. The Morgan fingerprint density at radius 3 is 2.72 bits per heavy atom. The lowest BCUT2D eigenvalue weighted by atomic mass is 10.0. The van der Waals surface area contributed by atoms with Crippen molar-refractivity contribution in [3.05, 3.63) is 11.7 Å². The van der Waals surface area contributed by atoms with Crippen molar-refractivity contribution in [3.8, 4) is 0 Å². The molecule has 1 unspecified atom stereocenters. The zero-order chi connectivity index (χ0) is 13.4. The Morgan fingerprint density at radius 1 is 1.28 bits per heavy atom. The van der Waals surface area contributed by atoms with Crippen LogP contribution in [-0.4, -0.2) is 43.1 Å². The topological polar surface area (TPSA) is 83.4 Å². The van der Waals surface area contributed by atoms with Crippen LogP contribution in [-0.2, 0) is 22.3 Å². The van der Waals surface area contributed by atoms with Crippen LogP contribution in [0.3, 0.4) is 0 Å². The number of aromatic nitrogens is 2. The van der Waals surface area contributed by atoms with Crippen molar-refractivity contribution in [1.82, 2.24) is 10.1 Å². The molecule has 6 nitrogen and oxygen atoms in total. The highest BCUT2D eigenvalue weighted by Gasteiger charge is 2.13. The number of hydrogen-bond donors (Lipinski definition) is 1. The van der Waals surface area contributed by atoms with Gasteiger partial charge in [0, 0.05) is 26.0 Å². The standard InChI is InChI=1S/C12H23N3O3/c1-9(2)10(13)8-12-14-11(15-18-12)4-5-17-7-6-16-3/h9-10H,4-8,13H2,1-3H3. The van der Waals surface area contributed by atoms with Crippen LogP contribution in [0.2, 0.25) is 0 Å². The normalized spacial score (nSPS) is 13.2. The molecule has 0 aliphatic heterocycles. The molecule has 0 aliphatic rings. The molecule has 0 aliphatic carbocycles. The van der Waals surface area contributed by atoms with Gasteiger partial charge in [0.2, 0.25) is 5.89 Å². The number of hydrogen-bond acceptors (Lipinski definition) is 6. The molecule has 0 saturated heterocycles. The van der Waals surface area contributed by atoms with Crippen molar-refractivity contribution in [3.63, 3.8) is 0 Å². The fourth-order valence-electron chi connectivity index (χ4n) is 1.32. The maximum Gasteiger partial charge on any atom is 0.228 e. The Hall–Kier alpha value is -0.980. The number of methoxy groups -OCH3 is 1. The Kier molecular flexibility index (Phi) is 6.85. The van der Waals surface area contributed by atoms with Crippen LogP contribution in [0.25, 0.3) is 0 Å². The van der Waals surface area contributed by atoms with Gasteiger partial charge < -0.3 is 19.7 Å². The van der Waals surface area contributed by atoms with E-state index in [2.05, 4.69) is 24.0 Å². The van der Waals surface area contributed by atoms with E-state index in [0.717, 1.165) is 0 Å². The average molecular weight is 257 g/mol. The third-order valence-corrected chi connectivity index (χ3v) is 2.68. The Labute approximate surface area is 108 Å². The number of ether oxygens (including phenoxy) is 2. The van der Waals surface area contributed by atoms with Gasteiger partial charge in [-0.25, -0.2) is 0 Å². The molecule has 0 aromatic carbocycles. The summed E-state index contributed by atoms with van der Waals surface area (Å²) in [5.41, 5.74) is 5.95. The van der Waals surface area contributed by atoms with E-state index in [4.69, 9.17) is 19.7 Å². The molecule has 2 N–H and O–H groups in total. The molecule has 0 saturated carbocycles. The van der Waals surface area contributed by atoms with Gasteiger partial charge in [-0.05, 0) is 5.92 Å². The zero-order valence-electron chi connectivity index (χ0n) is 11.4. The molecule has 1 aromatic rings. The first-order valence-electron chi connectivity index (χ1n) is 6.27. The van der Waals surface area contributed by atoms with Crippen LogP contribution < -0.4 is 5.73 Å². The first kappa shape index (κ1) is 15.1. The van der Waals surface area contributed by atoms with Gasteiger partial charge in [0.05, 0.1) is 19.8 Å². The van der Waals surface area contributed by atoms with Gasteiger partial charge in [0.25, 0.3) is 0 Å². The van der Waals surface area contributed by atoms with Gasteiger partial charge in [-0.1, -0.05) is 19.0 Å². The van der Waals surface area contributed by atoms with Crippen LogP contribution in [0.4, 0.5) is 0 Å². The number of nitrogens with two attached hydrogens (primary N) is 1. The third kappa shape index (κ3) is 5.57. The van der Waals surface area contributed by atoms with Crippen LogP contribution in [0.15, 0.2) is 4.52 Å². The molecule has 6 heteroatoms. The fraction of sp³-hybridized carbons (Fsp3) is 0.833. The van der Waals surface area contributed by atoms with E-state index in [1.165, 1.54) is 0 Å². The maximum absolute atomic E-state index is 5.95. The summed E-state index contributed by atoms with van der Waals surface area (Å²) in [6, 6.07) is 0.0521. The molecule has 0 fully saturated rings. The molecule has 18 heavy (non-hydrogen) atoms. The SMILES string of the molecule is COCCOCCc1noc(CC(N)C(C)C)n1. The largest absolute Gasteiger partial charge is 0.382 e. The summed E-state index contributed by atoms with van der Waals surface area (Å²) in [5.74, 6) is 1.67. The fourth-order valence-corrected chi connectivity index (χ4v) is 1.32. The second-order valence-electron chi connectivity index (χ2n) is 4.57. The predicted octanol–water partition coefficient (Wildman–Crippen LogP) is 0.801. The highest BCUT2D eigenvalue weighted by molar-refractivity contribution is 4.89. The maximum atomic E-state index is 5.95. The van der Waals surface area contributed by atoms with Crippen LogP contribution in [0.1, 0.15) is 25.6 Å². The monoisotopic (exact) mass is 257 g/mol. The molecule has 0 bridgehead atoms. The van der Waals surface area contributed by atoms with Crippen molar-refractivity contribution in [2.24, 2.45) is 11.7 Å². The van der Waals surface area contributed by atoms with E-state index in [9.17, 15) is 0 Å². The first-order chi connectivity index (χ1) is 8.63. The van der Waals surface area contributed by atoms with Crippen molar-refractivity contribution in [2.45, 2.75) is 32.7 Å². The van der Waals surface area contributed by atoms with Crippen molar-refractivity contribution in [2.75, 3.05) is 26.9 Å². The van der Waals surface area contributed by atoms with Gasteiger partial charge in [-0.3, -0.25) is 0 Å². The summed E-state index contributed by atoms with van der Waals surface area (Å²) in [6.45, 7) is 5.90. The molecule has 1 atom stereocenters. The van der Waals surface area contributed by atoms with E-state index in [1.807, 2.05) is 0 Å². The Bertz CT molecular complexity index is 328. The summed E-state index contributed by atoms with van der Waals surface area (Å²) >= 11 is 0. The van der Waals surface area contributed by atoms with Gasteiger partial charge in [0.1, 0.15) is 0 Å². The van der Waals surface area contributed by atoms with Crippen molar-refractivity contribution in [1.29, 1.82) is 0 Å². The molecular formula is C12H23N3O3. The van der Waals surface area contributed by atoms with Gasteiger partial charge >= 0.3 is 0 Å². The minimum Gasteiger partial charge on any atom is -0.382 e. The van der Waals surface area contributed by atoms with E-state index < -0.39 is 0 Å². The quantitative estimate of drug-likeness (QED) is 0.659. The smallest absolute Gasteiger partial charge is 0.228 e. The summed E-state index contributed by atoms with van der Waals surface area (Å²) in [6.07, 6.45) is 1.26. The lowest BCUT2D eigenvalue weighted by molar-refractivity contribution is 0.0714. The van der Waals surface area contributed by atoms with Gasteiger partial charge in [-0.2, -0.15) is 4.98 Å². The number of rotatable bonds is 9. The lowest BCUT2D eigenvalue weighted by Gasteiger charge is -2.11. The average Bonchev–Trinajstić information content (AvgIpc) is 2.76. The highest BCUT2D eigenvalue weighted by Crippen LogP contribution is 2.07. The van der Waals surface area contributed by atoms with E-state index in [0.29, 0.717) is 50.3 Å². The van der Waals surface area contributed by atoms with Gasteiger partial charge in [-0.15, -0.1) is 0 Å². The van der Waals surface area contributed by atoms with Crippen LogP contribution in [0.5, 0.6) is 0 Å². The molecule has 1 aromatic heterocycles. The third-order valence-electron chi connectivity index (χ3n) is 2.68. The van der Waals surface area contributed by atoms with Crippen LogP contribution in [0, 0.1) is 5.92 Å². The summed E-state index contributed by atoms with van der Waals surface area (Å²) in [4.78, 5) is 4.28. The second kappa shape index (κ2) is 8.18. The van der Waals surface area contributed by atoms with E-state index in [1.54, 1.807) is 7.11 Å². The Morgan fingerprint density at radius 2 is 2.06 bits per heavy atom. The van der Waals surface area contributed by atoms with E-state index in [-0.39, 0.29) is 6.04 Å². The molecule has 0 radical (unpaired) electrons. The van der Waals surface area contributed by atoms with Crippen LogP contribution >= 0.6 is 0 Å². The summed E-state index contributed by atoms with van der Waals surface area (Å²) in [7, 11) is 1.65. The molecule has 104 valence electrons. The molecule has 1 heterocycles. The molecular weight excluding hydrogens is 234 g/mol. The minimum atomic E-state index is 0.0521. The highest BCUT2D eigenvalue weighted by atomic mass is 16.5. The zero-order valence-corrected chi connectivity index (χ0v) is 11.4. The Balaban J connectivity index is 2.26. The lowest BCUT2D eigenvalue weighted by Crippen LogP contribution is -2.28. The van der Waals surface area contributed by atoms with E-state index >= 15 is 0 Å². The van der Waals surface area contributed by atoms with Crippen molar-refractivity contribution < 1.29 is 14.0 Å². The molecule has 0 spiro atoms. The summed E-state index contributed by atoms with van der Waals surface area (Å²) in [5, 5.41) is 3.89. The molecule has 1 rings (SSSR count). The number of nitrogens with zero attached hydrogens (tertiary/aromatic N) is 2. The predicted molar refractivity (Wildman–Crippen MR) is 67.2 cm³/mol.